The van der Waals surface area contributed by atoms with E-state index in [4.69, 9.17) is 18.9 Å². The zero-order chi connectivity index (χ0) is 26.7. The molecule has 12 nitrogen and oxygen atoms in total. The molecule has 2 saturated heterocycles. The summed E-state index contributed by atoms with van der Waals surface area (Å²) in [6, 6.07) is 0. The number of ether oxygens (including phenoxy) is 4. The molecule has 2 aliphatic rings. The first kappa shape index (κ1) is 35.1. The van der Waals surface area contributed by atoms with Gasteiger partial charge in [-0.25, -0.2) is 0 Å². The Bertz CT molecular complexity index is 643. The fourth-order valence-corrected chi connectivity index (χ4v) is 4.45. The number of carbonyl (C=O) groups excluding carboxylic acids is 1. The van der Waals surface area contributed by atoms with Crippen LogP contribution < -0.4 is 0 Å². The van der Waals surface area contributed by atoms with Crippen LogP contribution in [0, 0.1) is 0 Å². The summed E-state index contributed by atoms with van der Waals surface area (Å²) in [4.78, 5) is 12.1. The van der Waals surface area contributed by atoms with Gasteiger partial charge in [0.15, 0.2) is 6.29 Å². The Hall–Kier alpha value is 0.0700. The number of aliphatic hydroxyl groups is 7. The predicted octanol–water partition coefficient (Wildman–Crippen LogP) is -1.57. The molecule has 0 unspecified atom stereocenters. The Morgan fingerprint density at radius 1 is 0.811 bits per heavy atom. The summed E-state index contributed by atoms with van der Waals surface area (Å²) in [6.45, 7) is 0.0841. The van der Waals surface area contributed by atoms with E-state index in [1.165, 1.54) is 32.1 Å². The van der Waals surface area contributed by atoms with Crippen molar-refractivity contribution < 1.29 is 59.5 Å². The summed E-state index contributed by atoms with van der Waals surface area (Å²) in [5.74, 6) is -2.76. The maximum atomic E-state index is 12.1. The number of hydrogen-bond donors (Lipinski definition) is 7. The van der Waals surface area contributed by atoms with Crippen molar-refractivity contribution in [3.63, 3.8) is 0 Å². The third-order valence-electron chi connectivity index (χ3n) is 6.78. The van der Waals surface area contributed by atoms with E-state index in [0.717, 1.165) is 19.3 Å². The van der Waals surface area contributed by atoms with Gasteiger partial charge < -0.3 is 54.7 Å². The molecule has 0 bridgehead atoms. The average Bonchev–Trinajstić information content (AvgIpc) is 3.12. The van der Waals surface area contributed by atoms with Gasteiger partial charge in [0.2, 0.25) is 5.79 Å². The second-order valence-electron chi connectivity index (χ2n) is 9.64. The summed E-state index contributed by atoms with van der Waals surface area (Å²) >= 11 is 0. The third-order valence-corrected chi connectivity index (χ3v) is 6.78. The van der Waals surface area contributed by atoms with Crippen LogP contribution in [0.25, 0.3) is 0 Å². The van der Waals surface area contributed by atoms with Gasteiger partial charge in [0.25, 0.3) is 0 Å². The molecule has 0 aromatic rings. The molecular weight excluding hydrogens is 503 g/mol. The Morgan fingerprint density at radius 3 is 1.95 bits per heavy atom. The number of unbranched alkanes of at least 4 members (excludes halogenated alkanes) is 8. The number of esters is 1. The maximum absolute atomic E-state index is 12.1. The molecule has 0 saturated carbocycles. The van der Waals surface area contributed by atoms with Crippen molar-refractivity contribution in [3.05, 3.63) is 0 Å². The third kappa shape index (κ3) is 9.89. The van der Waals surface area contributed by atoms with Crippen molar-refractivity contribution in [1.29, 1.82) is 0 Å². The zero-order valence-electron chi connectivity index (χ0n) is 21.0. The van der Waals surface area contributed by atoms with E-state index in [1.54, 1.807) is 0 Å². The van der Waals surface area contributed by atoms with Crippen LogP contribution in [-0.2, 0) is 23.7 Å². The first-order valence-corrected chi connectivity index (χ1v) is 13.0. The van der Waals surface area contributed by atoms with Crippen LogP contribution in [0.4, 0.5) is 0 Å². The summed E-state index contributed by atoms with van der Waals surface area (Å²) in [7, 11) is 0. The molecule has 2 heterocycles. The van der Waals surface area contributed by atoms with E-state index in [2.05, 4.69) is 6.92 Å². The molecule has 214 valence electrons. The minimum atomic E-state index is -2.27. The van der Waals surface area contributed by atoms with E-state index in [1.807, 2.05) is 0 Å². The van der Waals surface area contributed by atoms with Crippen LogP contribution in [0.2, 0.25) is 0 Å². The van der Waals surface area contributed by atoms with Crippen LogP contribution in [0.1, 0.15) is 71.1 Å². The molecule has 0 aliphatic carbocycles. The van der Waals surface area contributed by atoms with Crippen molar-refractivity contribution in [2.75, 3.05) is 19.8 Å². The van der Waals surface area contributed by atoms with Gasteiger partial charge in [0.05, 0.1) is 6.61 Å². The number of aliphatic hydroxyl groups excluding tert-OH is 7. The van der Waals surface area contributed by atoms with E-state index in [-0.39, 0.29) is 36.0 Å². The Balaban J connectivity index is 0.00000684. The SMILES string of the molecule is CCCCCCCCCCCC(=O)OC[C@H]1O[C@H](O[C@]2(CO)O[C@H](CO)[C@@H](O)[C@@H]2O)[C@H](O)[C@@H](O)[C@@H]1O.[NaH]. The zero-order valence-corrected chi connectivity index (χ0v) is 21.0. The van der Waals surface area contributed by atoms with Gasteiger partial charge >= 0.3 is 35.5 Å². The standard InChI is InChI=1S/C24H44O12.Na.H/c1-2-3-4-5-6-7-8-9-10-11-17(27)33-13-16-18(28)20(30)21(31)23(34-16)36-24(14-26)22(32)19(29)15(12-25)35-24;;/h15-16,18-23,25-26,28-32H,2-14H2,1H3;;/t15-,16-,18-,19-,20+,21-,22+,23-,24+;;/m1../s1. The quantitative estimate of drug-likeness (QED) is 0.0666. The van der Waals surface area contributed by atoms with E-state index >= 15 is 0 Å². The fraction of sp³-hybridized carbons (Fsp3) is 0.958. The molecule has 0 spiro atoms. The predicted molar refractivity (Wildman–Crippen MR) is 132 cm³/mol. The van der Waals surface area contributed by atoms with Gasteiger partial charge in [-0.3, -0.25) is 4.79 Å². The molecular formula is C24H45NaO12. The molecule has 2 rings (SSSR count). The average molecular weight is 549 g/mol. The summed E-state index contributed by atoms with van der Waals surface area (Å²) in [5, 5.41) is 70.1. The van der Waals surface area contributed by atoms with Gasteiger partial charge in [-0.2, -0.15) is 0 Å². The second kappa shape index (κ2) is 17.7. The Kier molecular flexibility index (Phi) is 16.8. The normalized spacial score (nSPS) is 35.8. The minimum absolute atomic E-state index is 0. The van der Waals surface area contributed by atoms with Crippen molar-refractivity contribution in [1.82, 2.24) is 0 Å². The molecule has 0 aromatic heterocycles. The van der Waals surface area contributed by atoms with Gasteiger partial charge in [-0.05, 0) is 6.42 Å². The Labute approximate surface area is 240 Å². The fourth-order valence-electron chi connectivity index (χ4n) is 4.45. The number of hydrogen-bond acceptors (Lipinski definition) is 12. The Morgan fingerprint density at radius 2 is 1.41 bits per heavy atom. The number of rotatable bonds is 16. The van der Waals surface area contributed by atoms with Gasteiger partial charge in [0, 0.05) is 6.42 Å². The van der Waals surface area contributed by atoms with E-state index < -0.39 is 80.6 Å². The van der Waals surface area contributed by atoms with Crippen LogP contribution >= 0.6 is 0 Å². The molecule has 0 amide bonds. The summed E-state index contributed by atoms with van der Waals surface area (Å²) in [6.07, 6.45) is -2.81. The molecule has 7 N–H and O–H groups in total. The summed E-state index contributed by atoms with van der Waals surface area (Å²) < 4.78 is 21.3. The molecule has 0 aromatic carbocycles. The monoisotopic (exact) mass is 548 g/mol. The first-order chi connectivity index (χ1) is 17.2. The van der Waals surface area contributed by atoms with E-state index in [0.29, 0.717) is 6.42 Å². The van der Waals surface area contributed by atoms with Crippen LogP contribution in [0.5, 0.6) is 0 Å². The van der Waals surface area contributed by atoms with Crippen LogP contribution in [0.3, 0.4) is 0 Å². The van der Waals surface area contributed by atoms with Gasteiger partial charge in [-0.1, -0.05) is 58.3 Å². The second-order valence-corrected chi connectivity index (χ2v) is 9.64. The van der Waals surface area contributed by atoms with Crippen LogP contribution in [0.15, 0.2) is 0 Å². The van der Waals surface area contributed by atoms with Crippen molar-refractivity contribution in [2.45, 2.75) is 126 Å². The topological polar surface area (TPSA) is 196 Å². The molecule has 2 aliphatic heterocycles. The molecule has 37 heavy (non-hydrogen) atoms. The van der Waals surface area contributed by atoms with Crippen molar-refractivity contribution in [3.8, 4) is 0 Å². The first-order valence-electron chi connectivity index (χ1n) is 13.0. The number of carbonyl (C=O) groups is 1. The van der Waals surface area contributed by atoms with Gasteiger partial charge in [0.1, 0.15) is 55.9 Å². The van der Waals surface area contributed by atoms with Crippen LogP contribution in [-0.4, -0.2) is 146 Å². The molecule has 0 radical (unpaired) electrons. The van der Waals surface area contributed by atoms with Crippen molar-refractivity contribution >= 4 is 35.5 Å². The van der Waals surface area contributed by atoms with E-state index in [9.17, 15) is 40.5 Å². The summed E-state index contributed by atoms with van der Waals surface area (Å²) in [5.41, 5.74) is 0. The van der Waals surface area contributed by atoms with Crippen molar-refractivity contribution in [2.24, 2.45) is 0 Å². The molecule has 2 fully saturated rings. The molecule has 13 heteroatoms. The van der Waals surface area contributed by atoms with Gasteiger partial charge in [-0.15, -0.1) is 0 Å². The molecule has 9 atom stereocenters.